The predicted molar refractivity (Wildman–Crippen MR) is 136 cm³/mol. The van der Waals surface area contributed by atoms with Gasteiger partial charge in [-0.3, -0.25) is 9.10 Å². The van der Waals surface area contributed by atoms with Crippen molar-refractivity contribution in [2.75, 3.05) is 24.8 Å². The molecule has 1 amide bonds. The van der Waals surface area contributed by atoms with Crippen molar-refractivity contribution in [2.45, 2.75) is 25.9 Å². The monoisotopic (exact) mass is 498 g/mol. The number of amides is 1. The third-order valence-electron chi connectivity index (χ3n) is 5.42. The molecule has 3 aromatic rings. The van der Waals surface area contributed by atoms with Gasteiger partial charge in [-0.1, -0.05) is 18.2 Å². The summed E-state index contributed by atoms with van der Waals surface area (Å²) in [7, 11) is -0.678. The largest absolute Gasteiger partial charge is 0.497 e. The first-order chi connectivity index (χ1) is 16.6. The van der Waals surface area contributed by atoms with Crippen LogP contribution in [0.25, 0.3) is 0 Å². The minimum atomic E-state index is -3.77. The minimum absolute atomic E-state index is 0.349. The zero-order valence-electron chi connectivity index (χ0n) is 20.4. The molecule has 0 aliphatic heterocycles. The van der Waals surface area contributed by atoms with Crippen molar-refractivity contribution in [3.63, 3.8) is 0 Å². The Hall–Kier alpha value is -3.72. The van der Waals surface area contributed by atoms with Gasteiger partial charge in [0.1, 0.15) is 29.0 Å². The number of sulfonamides is 1. The molecule has 3 rings (SSSR count). The molecule has 0 saturated carbocycles. The molecular weight excluding hydrogens is 468 g/mol. The normalized spacial score (nSPS) is 12.8. The predicted octanol–water partition coefficient (Wildman–Crippen LogP) is 4.53. The zero-order valence-corrected chi connectivity index (χ0v) is 21.2. The van der Waals surface area contributed by atoms with Crippen LogP contribution >= 0.6 is 0 Å². The van der Waals surface area contributed by atoms with Crippen molar-refractivity contribution in [2.24, 2.45) is 0 Å². The average molecular weight is 499 g/mol. The van der Waals surface area contributed by atoms with Crippen molar-refractivity contribution in [3.05, 3.63) is 78.4 Å². The van der Waals surface area contributed by atoms with Gasteiger partial charge in [0, 0.05) is 5.56 Å². The highest BCUT2D eigenvalue weighted by molar-refractivity contribution is 7.92. The number of hydrogen-bond donors (Lipinski definition) is 1. The number of carbonyl (C=O) groups is 1. The van der Waals surface area contributed by atoms with Crippen molar-refractivity contribution in [1.82, 2.24) is 5.32 Å². The van der Waals surface area contributed by atoms with Gasteiger partial charge in [-0.2, -0.15) is 0 Å². The maximum Gasteiger partial charge on any atom is 0.244 e. The summed E-state index contributed by atoms with van der Waals surface area (Å²) in [5.41, 5.74) is 1.06. The number of methoxy groups -OCH3 is 2. The summed E-state index contributed by atoms with van der Waals surface area (Å²) < 4.78 is 42.9. The number of para-hydroxylation sites is 1. The molecule has 0 aromatic heterocycles. The first-order valence-corrected chi connectivity index (χ1v) is 12.8. The molecule has 0 heterocycles. The van der Waals surface area contributed by atoms with Gasteiger partial charge in [0.25, 0.3) is 0 Å². The van der Waals surface area contributed by atoms with Crippen LogP contribution in [0.15, 0.2) is 72.8 Å². The van der Waals surface area contributed by atoms with Crippen molar-refractivity contribution < 1.29 is 27.4 Å². The highest BCUT2D eigenvalue weighted by atomic mass is 32.2. The van der Waals surface area contributed by atoms with Gasteiger partial charge in [0.05, 0.1) is 32.2 Å². The fraction of sp³-hybridized carbons (Fsp3) is 0.269. The summed E-state index contributed by atoms with van der Waals surface area (Å²) in [6.07, 6.45) is 1.07. The Morgan fingerprint density at radius 1 is 0.857 bits per heavy atom. The molecule has 0 radical (unpaired) electrons. The van der Waals surface area contributed by atoms with E-state index in [-0.39, 0.29) is 0 Å². The van der Waals surface area contributed by atoms with Crippen molar-refractivity contribution >= 4 is 21.6 Å². The Morgan fingerprint density at radius 3 is 2.03 bits per heavy atom. The second-order valence-corrected chi connectivity index (χ2v) is 9.84. The van der Waals surface area contributed by atoms with Gasteiger partial charge < -0.3 is 19.5 Å². The lowest BCUT2D eigenvalue weighted by Gasteiger charge is -2.29. The molecule has 35 heavy (non-hydrogen) atoms. The number of nitrogens with one attached hydrogen (secondary N) is 1. The second-order valence-electron chi connectivity index (χ2n) is 7.98. The fourth-order valence-electron chi connectivity index (χ4n) is 3.68. The lowest BCUT2D eigenvalue weighted by molar-refractivity contribution is -0.122. The number of ether oxygens (including phenoxy) is 3. The smallest absolute Gasteiger partial charge is 0.244 e. The van der Waals surface area contributed by atoms with Crippen LogP contribution in [0, 0.1) is 0 Å². The summed E-state index contributed by atoms with van der Waals surface area (Å²) in [5.74, 6) is 1.95. The number of anilines is 1. The molecule has 3 aromatic carbocycles. The summed E-state index contributed by atoms with van der Waals surface area (Å²) in [4.78, 5) is 13.1. The van der Waals surface area contributed by atoms with E-state index >= 15 is 0 Å². The Morgan fingerprint density at radius 2 is 1.46 bits per heavy atom. The van der Waals surface area contributed by atoms with Crippen molar-refractivity contribution in [1.29, 1.82) is 0 Å². The van der Waals surface area contributed by atoms with E-state index in [2.05, 4.69) is 5.32 Å². The molecule has 0 spiro atoms. The maximum absolute atomic E-state index is 13.1. The molecule has 9 heteroatoms. The molecule has 0 aliphatic rings. The van der Waals surface area contributed by atoms with Crippen LogP contribution in [0.4, 0.5) is 5.69 Å². The summed E-state index contributed by atoms with van der Waals surface area (Å²) in [6.45, 7) is 3.34. The third-order valence-corrected chi connectivity index (χ3v) is 6.66. The Balaban J connectivity index is 1.80. The molecule has 0 unspecified atom stereocenters. The third kappa shape index (κ3) is 6.45. The summed E-state index contributed by atoms with van der Waals surface area (Å²) in [5, 5.41) is 2.88. The topological polar surface area (TPSA) is 94.2 Å². The SMILES string of the molecule is COc1ccc(OC)c([C@H](C)NC(=O)[C@@H](C)N(c2ccc(Oc3ccccc3)cc2)S(C)(=O)=O)c1. The van der Waals surface area contributed by atoms with Crippen molar-refractivity contribution in [3.8, 4) is 23.0 Å². The molecule has 2 atom stereocenters. The van der Waals surface area contributed by atoms with Crippen LogP contribution in [-0.4, -0.2) is 40.8 Å². The van der Waals surface area contributed by atoms with Gasteiger partial charge in [0.15, 0.2) is 0 Å². The van der Waals surface area contributed by atoms with Gasteiger partial charge in [-0.05, 0) is 68.4 Å². The zero-order chi connectivity index (χ0) is 25.6. The number of benzene rings is 3. The van der Waals surface area contributed by atoms with E-state index in [1.165, 1.54) is 0 Å². The average Bonchev–Trinajstić information content (AvgIpc) is 2.84. The van der Waals surface area contributed by atoms with E-state index in [0.29, 0.717) is 34.2 Å². The van der Waals surface area contributed by atoms with Gasteiger partial charge >= 0.3 is 0 Å². The Labute approximate surface area is 206 Å². The van der Waals surface area contributed by atoms with E-state index in [1.54, 1.807) is 70.5 Å². The first-order valence-electron chi connectivity index (χ1n) is 11.0. The molecule has 8 nitrogen and oxygen atoms in total. The van der Waals surface area contributed by atoms with E-state index in [4.69, 9.17) is 14.2 Å². The Bertz CT molecular complexity index is 1250. The summed E-state index contributed by atoms with van der Waals surface area (Å²) in [6, 6.07) is 19.6. The Kier molecular flexibility index (Phi) is 8.24. The highest BCUT2D eigenvalue weighted by Gasteiger charge is 2.30. The van der Waals surface area contributed by atoms with Crippen LogP contribution in [0.1, 0.15) is 25.5 Å². The van der Waals surface area contributed by atoms with Gasteiger partial charge in [-0.15, -0.1) is 0 Å². The van der Waals surface area contributed by atoms with Crippen LogP contribution in [0.3, 0.4) is 0 Å². The van der Waals surface area contributed by atoms with E-state index < -0.39 is 28.0 Å². The highest BCUT2D eigenvalue weighted by Crippen LogP contribution is 2.30. The quantitative estimate of drug-likeness (QED) is 0.441. The van der Waals surface area contributed by atoms with Gasteiger partial charge in [-0.25, -0.2) is 8.42 Å². The maximum atomic E-state index is 13.1. The molecule has 186 valence electrons. The lowest BCUT2D eigenvalue weighted by Crippen LogP contribution is -2.48. The number of rotatable bonds is 10. The number of nitrogens with zero attached hydrogens (tertiary/aromatic N) is 1. The minimum Gasteiger partial charge on any atom is -0.497 e. The van der Waals surface area contributed by atoms with Crippen LogP contribution < -0.4 is 23.8 Å². The van der Waals surface area contributed by atoms with E-state index in [1.807, 2.05) is 30.3 Å². The van der Waals surface area contributed by atoms with Gasteiger partial charge in [0.2, 0.25) is 15.9 Å². The number of carbonyl (C=O) groups excluding carboxylic acids is 1. The molecule has 1 N–H and O–H groups in total. The lowest BCUT2D eigenvalue weighted by atomic mass is 10.1. The molecular formula is C26H30N2O6S. The van der Waals surface area contributed by atoms with E-state index in [0.717, 1.165) is 10.6 Å². The first kappa shape index (κ1) is 25.9. The number of hydrogen-bond acceptors (Lipinski definition) is 6. The standard InChI is InChI=1S/C26H30N2O6S/c1-18(24-17-23(32-3)15-16-25(24)33-4)27-26(29)19(2)28(35(5,30)31)20-11-13-22(14-12-20)34-21-9-7-6-8-10-21/h6-19H,1-5H3,(H,27,29)/t18-,19+/m0/s1. The fourth-order valence-corrected chi connectivity index (χ4v) is 4.86. The molecule has 0 fully saturated rings. The molecule has 0 saturated heterocycles. The van der Waals surface area contributed by atoms with Crippen LogP contribution in [-0.2, 0) is 14.8 Å². The molecule has 0 aliphatic carbocycles. The van der Waals surface area contributed by atoms with E-state index in [9.17, 15) is 13.2 Å². The second kappa shape index (κ2) is 11.1. The molecule has 0 bridgehead atoms. The summed E-state index contributed by atoms with van der Waals surface area (Å²) >= 11 is 0. The van der Waals surface area contributed by atoms with Crippen LogP contribution in [0.2, 0.25) is 0 Å². The van der Waals surface area contributed by atoms with Crippen LogP contribution in [0.5, 0.6) is 23.0 Å².